The van der Waals surface area contributed by atoms with Crippen LogP contribution in [0.25, 0.3) is 0 Å². The number of non-ortho nitro benzene ring substituents is 1. The number of amides is 1. The summed E-state index contributed by atoms with van der Waals surface area (Å²) in [5.41, 5.74) is -2.54. The highest BCUT2D eigenvalue weighted by molar-refractivity contribution is 5.95. The monoisotopic (exact) mass is 346 g/mol. The summed E-state index contributed by atoms with van der Waals surface area (Å²) in [5, 5.41) is 23.1. The van der Waals surface area contributed by atoms with Crippen LogP contribution < -0.4 is 5.32 Å². The molecule has 132 valence electrons. The maximum Gasteiger partial charge on any atom is 0.416 e. The van der Waals surface area contributed by atoms with Crippen LogP contribution in [0, 0.1) is 16.0 Å². The van der Waals surface area contributed by atoms with Crippen LogP contribution in [-0.2, 0) is 6.18 Å². The largest absolute Gasteiger partial charge is 0.416 e. The molecule has 1 unspecified atom stereocenters. The Morgan fingerprint density at radius 2 is 1.96 bits per heavy atom. The molecule has 2 N–H and O–H groups in total. The molecule has 6 nitrogen and oxygen atoms in total. The van der Waals surface area contributed by atoms with Crippen molar-refractivity contribution in [2.45, 2.75) is 38.0 Å². The molecule has 0 spiro atoms. The van der Waals surface area contributed by atoms with Gasteiger partial charge in [0.05, 0.1) is 16.6 Å². The van der Waals surface area contributed by atoms with Crippen molar-refractivity contribution in [3.8, 4) is 0 Å². The van der Waals surface area contributed by atoms with Crippen LogP contribution in [0.4, 0.5) is 18.9 Å². The summed E-state index contributed by atoms with van der Waals surface area (Å²) in [6, 6.07) is 1.72. The van der Waals surface area contributed by atoms with Crippen molar-refractivity contribution >= 4 is 11.6 Å². The summed E-state index contributed by atoms with van der Waals surface area (Å²) >= 11 is 0. The molecule has 24 heavy (non-hydrogen) atoms. The van der Waals surface area contributed by atoms with E-state index in [4.69, 9.17) is 0 Å². The molecule has 0 bridgehead atoms. The Bertz CT molecular complexity index is 628. The van der Waals surface area contributed by atoms with Crippen LogP contribution in [0.15, 0.2) is 18.2 Å². The Balaban J connectivity index is 2.12. The minimum atomic E-state index is -4.80. The van der Waals surface area contributed by atoms with Crippen LogP contribution in [0.3, 0.4) is 0 Å². The summed E-state index contributed by atoms with van der Waals surface area (Å²) < 4.78 is 38.4. The molecular formula is C15H17F3N2O4. The van der Waals surface area contributed by atoms with Crippen molar-refractivity contribution in [3.05, 3.63) is 39.4 Å². The van der Waals surface area contributed by atoms with Gasteiger partial charge in [-0.05, 0) is 24.8 Å². The predicted octanol–water partition coefficient (Wildman–Crippen LogP) is 2.89. The minimum absolute atomic E-state index is 0.0566. The van der Waals surface area contributed by atoms with Gasteiger partial charge >= 0.3 is 6.18 Å². The van der Waals surface area contributed by atoms with Gasteiger partial charge in [-0.1, -0.05) is 12.8 Å². The zero-order valence-corrected chi connectivity index (χ0v) is 12.7. The standard InChI is InChI=1S/C15H17F3N2O4/c16-15(17,18)11-5-10(6-12(7-11)20(23)24)14(22)19-8-13(21)9-3-1-2-4-9/h5-7,9,13,21H,1-4,8H2,(H,19,22). The third-order valence-corrected chi connectivity index (χ3v) is 4.13. The van der Waals surface area contributed by atoms with E-state index in [9.17, 15) is 33.2 Å². The van der Waals surface area contributed by atoms with Crippen LogP contribution in [-0.4, -0.2) is 28.6 Å². The van der Waals surface area contributed by atoms with Crippen molar-refractivity contribution in [2.75, 3.05) is 6.54 Å². The van der Waals surface area contributed by atoms with E-state index < -0.39 is 39.9 Å². The number of carbonyl (C=O) groups excluding carboxylic acids is 1. The number of nitro benzene ring substituents is 1. The number of rotatable bonds is 5. The number of alkyl halides is 3. The number of halogens is 3. The smallest absolute Gasteiger partial charge is 0.391 e. The van der Waals surface area contributed by atoms with E-state index >= 15 is 0 Å². The maximum atomic E-state index is 12.8. The second kappa shape index (κ2) is 7.16. The Morgan fingerprint density at radius 3 is 2.50 bits per heavy atom. The van der Waals surface area contributed by atoms with Gasteiger partial charge in [-0.15, -0.1) is 0 Å². The van der Waals surface area contributed by atoms with Gasteiger partial charge in [0.15, 0.2) is 0 Å². The summed E-state index contributed by atoms with van der Waals surface area (Å²) in [6.07, 6.45) is -1.91. The SMILES string of the molecule is O=C(NCC(O)C1CCCC1)c1cc([N+](=O)[O-])cc(C(F)(F)F)c1. The van der Waals surface area contributed by atoms with Crippen LogP contribution in [0.2, 0.25) is 0 Å². The van der Waals surface area contributed by atoms with Gasteiger partial charge in [-0.3, -0.25) is 14.9 Å². The fourth-order valence-corrected chi connectivity index (χ4v) is 2.82. The molecule has 1 amide bonds. The third kappa shape index (κ3) is 4.44. The molecule has 9 heteroatoms. The molecule has 1 fully saturated rings. The van der Waals surface area contributed by atoms with E-state index in [1.165, 1.54) is 0 Å². The molecule has 0 aromatic heterocycles. The quantitative estimate of drug-likeness (QED) is 0.633. The first kappa shape index (κ1) is 18.2. The first-order valence-corrected chi connectivity index (χ1v) is 7.51. The van der Waals surface area contributed by atoms with E-state index in [-0.39, 0.29) is 12.5 Å². The van der Waals surface area contributed by atoms with Gasteiger partial charge in [0, 0.05) is 24.2 Å². The highest BCUT2D eigenvalue weighted by atomic mass is 19.4. The zero-order chi connectivity index (χ0) is 17.9. The second-order valence-electron chi connectivity index (χ2n) is 5.85. The van der Waals surface area contributed by atoms with Gasteiger partial charge in [0.25, 0.3) is 11.6 Å². The van der Waals surface area contributed by atoms with Crippen LogP contribution in [0.5, 0.6) is 0 Å². The van der Waals surface area contributed by atoms with Crippen molar-refractivity contribution in [3.63, 3.8) is 0 Å². The van der Waals surface area contributed by atoms with Crippen molar-refractivity contribution in [1.29, 1.82) is 0 Å². The lowest BCUT2D eigenvalue weighted by molar-refractivity contribution is -0.385. The van der Waals surface area contributed by atoms with Gasteiger partial charge in [-0.25, -0.2) is 0 Å². The van der Waals surface area contributed by atoms with E-state index in [0.29, 0.717) is 12.1 Å². The number of nitro groups is 1. The fraction of sp³-hybridized carbons (Fsp3) is 0.533. The Kier molecular flexibility index (Phi) is 5.43. The lowest BCUT2D eigenvalue weighted by Gasteiger charge is -2.18. The highest BCUT2D eigenvalue weighted by Crippen LogP contribution is 2.32. The lowest BCUT2D eigenvalue weighted by Crippen LogP contribution is -2.35. The number of hydrogen-bond donors (Lipinski definition) is 2. The van der Waals surface area contributed by atoms with Crippen LogP contribution >= 0.6 is 0 Å². The topological polar surface area (TPSA) is 92.5 Å². The molecule has 2 rings (SSSR count). The minimum Gasteiger partial charge on any atom is -0.391 e. The van der Waals surface area contributed by atoms with Gasteiger partial charge in [-0.2, -0.15) is 13.2 Å². The van der Waals surface area contributed by atoms with E-state index in [2.05, 4.69) is 5.32 Å². The molecule has 0 radical (unpaired) electrons. The molecule has 1 aliphatic carbocycles. The number of carbonyl (C=O) groups is 1. The molecule has 1 aromatic rings. The number of aliphatic hydroxyl groups is 1. The third-order valence-electron chi connectivity index (χ3n) is 4.13. The Labute approximate surface area is 135 Å². The molecule has 1 aliphatic rings. The Hall–Kier alpha value is -2.16. The molecule has 0 aliphatic heterocycles. The fourth-order valence-electron chi connectivity index (χ4n) is 2.82. The molecule has 1 atom stereocenters. The molecule has 1 saturated carbocycles. The molecular weight excluding hydrogens is 329 g/mol. The Morgan fingerprint density at radius 1 is 1.33 bits per heavy atom. The van der Waals surface area contributed by atoms with E-state index in [1.807, 2.05) is 0 Å². The first-order chi connectivity index (χ1) is 11.2. The van der Waals surface area contributed by atoms with Crippen molar-refractivity contribution in [1.82, 2.24) is 5.32 Å². The van der Waals surface area contributed by atoms with E-state index in [0.717, 1.165) is 31.7 Å². The number of aliphatic hydroxyl groups excluding tert-OH is 1. The van der Waals surface area contributed by atoms with Gasteiger partial charge < -0.3 is 10.4 Å². The summed E-state index contributed by atoms with van der Waals surface area (Å²) in [7, 11) is 0. The predicted molar refractivity (Wildman–Crippen MR) is 78.4 cm³/mol. The normalized spacial score (nSPS) is 16.8. The first-order valence-electron chi connectivity index (χ1n) is 7.51. The molecule has 0 saturated heterocycles. The number of nitrogens with one attached hydrogen (secondary N) is 1. The van der Waals surface area contributed by atoms with E-state index in [1.54, 1.807) is 0 Å². The molecule has 0 heterocycles. The number of nitrogens with zero attached hydrogens (tertiary/aromatic N) is 1. The highest BCUT2D eigenvalue weighted by Gasteiger charge is 2.33. The van der Waals surface area contributed by atoms with Gasteiger partial charge in [0.1, 0.15) is 0 Å². The zero-order valence-electron chi connectivity index (χ0n) is 12.7. The van der Waals surface area contributed by atoms with Gasteiger partial charge in [0.2, 0.25) is 0 Å². The summed E-state index contributed by atoms with van der Waals surface area (Å²) in [4.78, 5) is 21.8. The summed E-state index contributed by atoms with van der Waals surface area (Å²) in [6.45, 7) is -0.104. The average molecular weight is 346 g/mol. The number of benzene rings is 1. The summed E-state index contributed by atoms with van der Waals surface area (Å²) in [5.74, 6) is -0.831. The maximum absolute atomic E-state index is 12.8. The van der Waals surface area contributed by atoms with Crippen molar-refractivity contribution in [2.24, 2.45) is 5.92 Å². The molecule has 1 aromatic carbocycles. The van der Waals surface area contributed by atoms with Crippen LogP contribution in [0.1, 0.15) is 41.6 Å². The second-order valence-corrected chi connectivity index (χ2v) is 5.85. The average Bonchev–Trinajstić information content (AvgIpc) is 3.05. The van der Waals surface area contributed by atoms with Crippen molar-refractivity contribution < 1.29 is 28.0 Å². The lowest BCUT2D eigenvalue weighted by atomic mass is 10.0. The number of hydrogen-bond acceptors (Lipinski definition) is 4.